The van der Waals surface area contributed by atoms with Crippen molar-refractivity contribution in [2.24, 2.45) is 4.99 Å². The summed E-state index contributed by atoms with van der Waals surface area (Å²) < 4.78 is 0. The molecule has 1 saturated heterocycles. The van der Waals surface area contributed by atoms with Gasteiger partial charge in [0.15, 0.2) is 5.96 Å². The molecule has 1 aromatic carbocycles. The lowest BCUT2D eigenvalue weighted by atomic mass is 10.1. The first-order valence-electron chi connectivity index (χ1n) is 11.8. The second-order valence-corrected chi connectivity index (χ2v) is 8.01. The summed E-state index contributed by atoms with van der Waals surface area (Å²) in [4.78, 5) is 9.82. The van der Waals surface area contributed by atoms with Crippen LogP contribution in [0.5, 0.6) is 0 Å². The molecule has 0 unspecified atom stereocenters. The van der Waals surface area contributed by atoms with Gasteiger partial charge in [0.25, 0.3) is 0 Å². The largest absolute Gasteiger partial charge is 0.357 e. The number of hydrogen-bond acceptors (Lipinski definition) is 3. The molecule has 0 radical (unpaired) electrons. The Balaban J connectivity index is 1.73. The Labute approximate surface area is 179 Å². The molecular weight excluding hydrogens is 358 g/mol. The molecule has 0 amide bonds. The van der Waals surface area contributed by atoms with Gasteiger partial charge in [-0.05, 0) is 76.5 Å². The van der Waals surface area contributed by atoms with E-state index in [1.807, 2.05) is 0 Å². The van der Waals surface area contributed by atoms with Gasteiger partial charge in [0, 0.05) is 19.6 Å². The number of aliphatic imine (C=N–C) groups is 1. The van der Waals surface area contributed by atoms with Crippen LogP contribution in [0.4, 0.5) is 0 Å². The molecule has 0 bridgehead atoms. The molecule has 5 heteroatoms. The van der Waals surface area contributed by atoms with E-state index in [1.54, 1.807) is 0 Å². The molecule has 0 spiro atoms. The third kappa shape index (κ3) is 9.64. The molecule has 1 heterocycles. The lowest BCUT2D eigenvalue weighted by molar-refractivity contribution is 0.221. The molecule has 1 aliphatic rings. The van der Waals surface area contributed by atoms with Crippen LogP contribution in [-0.4, -0.2) is 61.6 Å². The zero-order valence-electron chi connectivity index (χ0n) is 19.1. The summed E-state index contributed by atoms with van der Waals surface area (Å²) in [7, 11) is 0. The van der Waals surface area contributed by atoms with Crippen LogP contribution >= 0.6 is 0 Å². The average Bonchev–Trinajstić information content (AvgIpc) is 2.76. The van der Waals surface area contributed by atoms with Crippen molar-refractivity contribution < 1.29 is 0 Å². The van der Waals surface area contributed by atoms with Gasteiger partial charge >= 0.3 is 0 Å². The van der Waals surface area contributed by atoms with Gasteiger partial charge in [0.05, 0.1) is 6.54 Å². The number of nitrogens with zero attached hydrogens (tertiary/aromatic N) is 3. The van der Waals surface area contributed by atoms with Crippen LogP contribution in [0.3, 0.4) is 0 Å². The van der Waals surface area contributed by atoms with Gasteiger partial charge in [-0.3, -0.25) is 4.90 Å². The minimum Gasteiger partial charge on any atom is -0.357 e. The van der Waals surface area contributed by atoms with E-state index in [-0.39, 0.29) is 0 Å². The number of likely N-dealkylation sites (tertiary alicyclic amines) is 1. The summed E-state index contributed by atoms with van der Waals surface area (Å²) in [5.41, 5.74) is 2.68. The minimum atomic E-state index is 0.721. The second-order valence-electron chi connectivity index (χ2n) is 8.01. The fourth-order valence-corrected chi connectivity index (χ4v) is 3.84. The Morgan fingerprint density at radius 3 is 2.28 bits per heavy atom. The van der Waals surface area contributed by atoms with Gasteiger partial charge in [-0.2, -0.15) is 0 Å². The van der Waals surface area contributed by atoms with Crippen molar-refractivity contribution in [2.75, 3.05) is 45.8 Å². The van der Waals surface area contributed by atoms with Crippen molar-refractivity contribution in [3.05, 3.63) is 35.4 Å². The van der Waals surface area contributed by atoms with Crippen molar-refractivity contribution in [1.29, 1.82) is 0 Å². The summed E-state index contributed by atoms with van der Waals surface area (Å²) in [5, 5.41) is 6.84. The monoisotopic (exact) mass is 401 g/mol. The molecule has 1 aliphatic heterocycles. The van der Waals surface area contributed by atoms with E-state index < -0.39 is 0 Å². The van der Waals surface area contributed by atoms with Crippen molar-refractivity contribution >= 4 is 5.96 Å². The SMILES string of the molecule is CCNC(=NCc1ccc(CN2CCCCC2)cc1)NCCCCN(CC)CC. The highest BCUT2D eigenvalue weighted by atomic mass is 15.2. The Morgan fingerprint density at radius 1 is 0.931 bits per heavy atom. The third-order valence-electron chi connectivity index (χ3n) is 5.73. The molecule has 2 rings (SSSR count). The van der Waals surface area contributed by atoms with Crippen molar-refractivity contribution in [3.8, 4) is 0 Å². The van der Waals surface area contributed by atoms with E-state index in [2.05, 4.69) is 65.5 Å². The van der Waals surface area contributed by atoms with Crippen LogP contribution in [-0.2, 0) is 13.1 Å². The molecule has 1 fully saturated rings. The van der Waals surface area contributed by atoms with Gasteiger partial charge < -0.3 is 15.5 Å². The lowest BCUT2D eigenvalue weighted by Crippen LogP contribution is -2.38. The Hall–Kier alpha value is -1.59. The number of hydrogen-bond donors (Lipinski definition) is 2. The smallest absolute Gasteiger partial charge is 0.191 e. The Kier molecular flexibility index (Phi) is 11.8. The molecule has 2 N–H and O–H groups in total. The summed E-state index contributed by atoms with van der Waals surface area (Å²) in [6.07, 6.45) is 6.50. The lowest BCUT2D eigenvalue weighted by Gasteiger charge is -2.26. The maximum absolute atomic E-state index is 4.77. The number of nitrogens with one attached hydrogen (secondary N) is 2. The van der Waals surface area contributed by atoms with E-state index in [4.69, 9.17) is 4.99 Å². The van der Waals surface area contributed by atoms with Gasteiger partial charge in [0.1, 0.15) is 0 Å². The number of guanidine groups is 1. The summed E-state index contributed by atoms with van der Waals surface area (Å²) in [6, 6.07) is 9.01. The molecule has 164 valence electrons. The van der Waals surface area contributed by atoms with Crippen molar-refractivity contribution in [3.63, 3.8) is 0 Å². The summed E-state index contributed by atoms with van der Waals surface area (Å²) in [5.74, 6) is 0.924. The molecule has 29 heavy (non-hydrogen) atoms. The van der Waals surface area contributed by atoms with Gasteiger partial charge in [-0.25, -0.2) is 4.99 Å². The maximum atomic E-state index is 4.77. The molecular formula is C24H43N5. The van der Waals surface area contributed by atoms with Crippen LogP contribution < -0.4 is 10.6 Å². The van der Waals surface area contributed by atoms with E-state index in [9.17, 15) is 0 Å². The van der Waals surface area contributed by atoms with Crippen molar-refractivity contribution in [1.82, 2.24) is 20.4 Å². The van der Waals surface area contributed by atoms with Gasteiger partial charge in [-0.1, -0.05) is 44.5 Å². The minimum absolute atomic E-state index is 0.721. The summed E-state index contributed by atoms with van der Waals surface area (Å²) >= 11 is 0. The van der Waals surface area contributed by atoms with Crippen molar-refractivity contribution in [2.45, 2.75) is 66.0 Å². The van der Waals surface area contributed by atoms with Gasteiger partial charge in [-0.15, -0.1) is 0 Å². The van der Waals surface area contributed by atoms with Gasteiger partial charge in [0.2, 0.25) is 0 Å². The van der Waals surface area contributed by atoms with Crippen LogP contribution in [0.15, 0.2) is 29.3 Å². The quantitative estimate of drug-likeness (QED) is 0.317. The molecule has 5 nitrogen and oxygen atoms in total. The number of rotatable bonds is 12. The van der Waals surface area contributed by atoms with E-state index >= 15 is 0 Å². The molecule has 0 aromatic heterocycles. The molecule has 1 aromatic rings. The number of benzene rings is 1. The number of unbranched alkanes of at least 4 members (excludes halogenated alkanes) is 1. The highest BCUT2D eigenvalue weighted by molar-refractivity contribution is 5.79. The van der Waals surface area contributed by atoms with E-state index in [1.165, 1.54) is 62.9 Å². The topological polar surface area (TPSA) is 42.9 Å². The van der Waals surface area contributed by atoms with Crippen LogP contribution in [0.1, 0.15) is 64.0 Å². The first-order chi connectivity index (χ1) is 14.2. The average molecular weight is 402 g/mol. The second kappa shape index (κ2) is 14.4. The molecule has 0 aliphatic carbocycles. The zero-order chi connectivity index (χ0) is 20.7. The van der Waals surface area contributed by atoms with Crippen LogP contribution in [0.25, 0.3) is 0 Å². The first kappa shape index (κ1) is 23.7. The highest BCUT2D eigenvalue weighted by Crippen LogP contribution is 2.14. The fraction of sp³-hybridized carbons (Fsp3) is 0.708. The zero-order valence-corrected chi connectivity index (χ0v) is 19.1. The summed E-state index contributed by atoms with van der Waals surface area (Å²) in [6.45, 7) is 16.2. The van der Waals surface area contributed by atoms with E-state index in [0.717, 1.165) is 45.2 Å². The molecule has 0 atom stereocenters. The Bertz CT molecular complexity index is 559. The fourth-order valence-electron chi connectivity index (χ4n) is 3.84. The standard InChI is InChI=1S/C24H43N5/c1-4-25-24(26-16-8-11-17-28(5-2)6-3)27-20-22-12-14-23(15-13-22)21-29-18-9-7-10-19-29/h12-15H,4-11,16-21H2,1-3H3,(H2,25,26,27). The predicted molar refractivity (Wildman–Crippen MR) is 125 cm³/mol. The maximum Gasteiger partial charge on any atom is 0.191 e. The predicted octanol–water partition coefficient (Wildman–Crippen LogP) is 3.85. The Morgan fingerprint density at radius 2 is 1.62 bits per heavy atom. The first-order valence-corrected chi connectivity index (χ1v) is 11.8. The third-order valence-corrected chi connectivity index (χ3v) is 5.73. The normalized spacial score (nSPS) is 15.7. The van der Waals surface area contributed by atoms with E-state index in [0.29, 0.717) is 0 Å². The molecule has 0 saturated carbocycles. The van der Waals surface area contributed by atoms with Crippen LogP contribution in [0, 0.1) is 0 Å². The highest BCUT2D eigenvalue weighted by Gasteiger charge is 2.10. The van der Waals surface area contributed by atoms with Crippen LogP contribution in [0.2, 0.25) is 0 Å². The number of piperidine rings is 1.